The summed E-state index contributed by atoms with van der Waals surface area (Å²) in [6.07, 6.45) is 5.08. The highest BCUT2D eigenvalue weighted by molar-refractivity contribution is 7.17. The van der Waals surface area contributed by atoms with Gasteiger partial charge in [0.1, 0.15) is 4.34 Å². The molecule has 0 N–H and O–H groups in total. The average Bonchev–Trinajstić information content (AvgIpc) is 2.13. The first-order valence-corrected chi connectivity index (χ1v) is 3.72. The van der Waals surface area contributed by atoms with Crippen molar-refractivity contribution in [1.29, 1.82) is 0 Å². The van der Waals surface area contributed by atoms with E-state index in [0.29, 0.717) is 9.36 Å². The monoisotopic (exact) mass is 176 g/mol. The van der Waals surface area contributed by atoms with E-state index in [0.717, 1.165) is 4.88 Å². The average molecular weight is 177 g/mol. The van der Waals surface area contributed by atoms with Crippen LogP contribution in [0.15, 0.2) is 6.07 Å². The van der Waals surface area contributed by atoms with Gasteiger partial charge in [0.25, 0.3) is 0 Å². The number of terminal acetylenes is 1. The lowest BCUT2D eigenvalue weighted by molar-refractivity contribution is 1.93. The molecule has 1 aromatic rings. The largest absolute Gasteiger partial charge is 0.114 e. The second kappa shape index (κ2) is 2.62. The summed E-state index contributed by atoms with van der Waals surface area (Å²) in [5.74, 6) is 2.44. The van der Waals surface area contributed by atoms with Crippen LogP contribution in [-0.4, -0.2) is 0 Å². The summed E-state index contributed by atoms with van der Waals surface area (Å²) in [5, 5.41) is 0.537. The first-order valence-electron chi connectivity index (χ1n) is 2.15. The lowest BCUT2D eigenvalue weighted by Gasteiger charge is -1.73. The van der Waals surface area contributed by atoms with E-state index in [-0.39, 0.29) is 0 Å². The zero-order chi connectivity index (χ0) is 6.85. The topological polar surface area (TPSA) is 0 Å². The van der Waals surface area contributed by atoms with E-state index in [1.165, 1.54) is 11.3 Å². The van der Waals surface area contributed by atoms with Gasteiger partial charge in [0.15, 0.2) is 0 Å². The molecule has 0 saturated carbocycles. The maximum absolute atomic E-state index is 5.60. The Morgan fingerprint density at radius 2 is 2.22 bits per heavy atom. The van der Waals surface area contributed by atoms with Crippen molar-refractivity contribution < 1.29 is 0 Å². The van der Waals surface area contributed by atoms with E-state index in [1.807, 2.05) is 0 Å². The van der Waals surface area contributed by atoms with Gasteiger partial charge in [0.05, 0.1) is 9.90 Å². The highest BCUT2D eigenvalue weighted by Crippen LogP contribution is 2.30. The molecule has 1 rings (SSSR count). The van der Waals surface area contributed by atoms with Crippen LogP contribution in [0.2, 0.25) is 9.36 Å². The first kappa shape index (κ1) is 6.95. The van der Waals surface area contributed by atoms with E-state index < -0.39 is 0 Å². The quantitative estimate of drug-likeness (QED) is 0.534. The maximum Gasteiger partial charge on any atom is 0.113 e. The summed E-state index contributed by atoms with van der Waals surface area (Å²) in [7, 11) is 0. The fourth-order valence-electron chi connectivity index (χ4n) is 0.418. The van der Waals surface area contributed by atoms with Crippen molar-refractivity contribution in [3.05, 3.63) is 20.3 Å². The Kier molecular flexibility index (Phi) is 2.02. The number of thiophene rings is 1. The third-order valence-corrected chi connectivity index (χ3v) is 2.58. The molecule has 0 unspecified atom stereocenters. The van der Waals surface area contributed by atoms with Crippen LogP contribution in [0.4, 0.5) is 0 Å². The van der Waals surface area contributed by atoms with Gasteiger partial charge in [-0.3, -0.25) is 0 Å². The summed E-state index contributed by atoms with van der Waals surface area (Å²) < 4.78 is 0.560. The molecule has 9 heavy (non-hydrogen) atoms. The molecule has 1 aromatic heterocycles. The Morgan fingerprint density at radius 1 is 1.56 bits per heavy atom. The summed E-state index contributed by atoms with van der Waals surface area (Å²) in [5.41, 5.74) is 0. The zero-order valence-corrected chi connectivity index (χ0v) is 6.65. The number of rotatable bonds is 0. The predicted molar refractivity (Wildman–Crippen MR) is 42.3 cm³/mol. The van der Waals surface area contributed by atoms with E-state index in [4.69, 9.17) is 29.6 Å². The number of halogens is 2. The summed E-state index contributed by atoms with van der Waals surface area (Å²) in [6, 6.07) is 1.68. The molecular formula is C6H2Cl2S. The van der Waals surface area contributed by atoms with Crippen LogP contribution >= 0.6 is 34.5 Å². The Morgan fingerprint density at radius 3 is 2.44 bits per heavy atom. The van der Waals surface area contributed by atoms with Gasteiger partial charge in [0, 0.05) is 0 Å². The van der Waals surface area contributed by atoms with Crippen LogP contribution in [-0.2, 0) is 0 Å². The highest BCUT2D eigenvalue weighted by Gasteiger charge is 2.00. The second-order valence-corrected chi connectivity index (χ2v) is 3.44. The van der Waals surface area contributed by atoms with Crippen molar-refractivity contribution in [2.75, 3.05) is 0 Å². The highest BCUT2D eigenvalue weighted by atomic mass is 35.5. The van der Waals surface area contributed by atoms with E-state index in [9.17, 15) is 0 Å². The Labute approximate surface area is 67.4 Å². The summed E-state index contributed by atoms with van der Waals surface area (Å²) in [6.45, 7) is 0. The van der Waals surface area contributed by atoms with Gasteiger partial charge < -0.3 is 0 Å². The van der Waals surface area contributed by atoms with E-state index >= 15 is 0 Å². The molecule has 0 spiro atoms. The minimum absolute atomic E-state index is 0.537. The molecule has 0 nitrogen and oxygen atoms in total. The Balaban J connectivity index is 3.16. The normalized spacial score (nSPS) is 9.00. The Bertz CT molecular complexity index is 237. The molecule has 0 bridgehead atoms. The molecule has 0 aromatic carbocycles. The molecule has 46 valence electrons. The molecule has 1 heterocycles. The van der Waals surface area contributed by atoms with Crippen molar-refractivity contribution in [1.82, 2.24) is 0 Å². The van der Waals surface area contributed by atoms with Crippen molar-refractivity contribution in [3.8, 4) is 12.3 Å². The molecule has 0 aliphatic rings. The first-order chi connectivity index (χ1) is 4.24. The minimum atomic E-state index is 0.537. The fraction of sp³-hybridized carbons (Fsp3) is 0. The van der Waals surface area contributed by atoms with E-state index in [2.05, 4.69) is 5.92 Å². The van der Waals surface area contributed by atoms with Gasteiger partial charge in [0.2, 0.25) is 0 Å². The fourth-order valence-corrected chi connectivity index (χ4v) is 1.60. The molecule has 0 atom stereocenters. The summed E-state index contributed by atoms with van der Waals surface area (Å²) in [4.78, 5) is 0.769. The number of hydrogen-bond acceptors (Lipinski definition) is 1. The lowest BCUT2D eigenvalue weighted by atomic mass is 10.5. The van der Waals surface area contributed by atoms with Crippen molar-refractivity contribution in [3.63, 3.8) is 0 Å². The molecule has 0 aliphatic carbocycles. The van der Waals surface area contributed by atoms with Crippen LogP contribution in [0.1, 0.15) is 4.88 Å². The van der Waals surface area contributed by atoms with Gasteiger partial charge >= 0.3 is 0 Å². The van der Waals surface area contributed by atoms with Crippen molar-refractivity contribution in [2.24, 2.45) is 0 Å². The predicted octanol–water partition coefficient (Wildman–Crippen LogP) is 3.04. The standard InChI is InChI=1S/C6H2Cl2S/c1-2-4-3-5(7)6(8)9-4/h1,3H. The third kappa shape index (κ3) is 1.40. The SMILES string of the molecule is C#Cc1cc(Cl)c(Cl)s1. The van der Waals surface area contributed by atoms with Crippen LogP contribution in [0.25, 0.3) is 0 Å². The van der Waals surface area contributed by atoms with Crippen LogP contribution in [0.3, 0.4) is 0 Å². The zero-order valence-electron chi connectivity index (χ0n) is 4.32. The minimum Gasteiger partial charge on any atom is -0.114 e. The number of hydrogen-bond donors (Lipinski definition) is 0. The molecule has 0 fully saturated rings. The maximum atomic E-state index is 5.60. The molecule has 0 saturated heterocycles. The summed E-state index contributed by atoms with van der Waals surface area (Å²) >= 11 is 12.5. The van der Waals surface area contributed by atoms with Crippen LogP contribution in [0, 0.1) is 12.3 Å². The third-order valence-electron chi connectivity index (χ3n) is 0.787. The van der Waals surface area contributed by atoms with E-state index in [1.54, 1.807) is 6.07 Å². The molecular weight excluding hydrogens is 175 g/mol. The van der Waals surface area contributed by atoms with Crippen LogP contribution in [0.5, 0.6) is 0 Å². The van der Waals surface area contributed by atoms with Gasteiger partial charge in [-0.15, -0.1) is 17.8 Å². The van der Waals surface area contributed by atoms with Gasteiger partial charge in [-0.2, -0.15) is 0 Å². The molecule has 3 heteroatoms. The van der Waals surface area contributed by atoms with Crippen molar-refractivity contribution >= 4 is 34.5 Å². The van der Waals surface area contributed by atoms with Gasteiger partial charge in [-0.1, -0.05) is 29.1 Å². The van der Waals surface area contributed by atoms with Gasteiger partial charge in [-0.25, -0.2) is 0 Å². The van der Waals surface area contributed by atoms with Crippen LogP contribution < -0.4 is 0 Å². The van der Waals surface area contributed by atoms with Crippen molar-refractivity contribution in [2.45, 2.75) is 0 Å². The van der Waals surface area contributed by atoms with Gasteiger partial charge in [-0.05, 0) is 6.07 Å². The molecule has 0 radical (unpaired) electrons. The lowest BCUT2D eigenvalue weighted by Crippen LogP contribution is -1.52. The smallest absolute Gasteiger partial charge is 0.113 e. The Hall–Kier alpha value is -0.160. The molecule has 0 amide bonds. The molecule has 0 aliphatic heterocycles. The second-order valence-electron chi connectivity index (χ2n) is 1.38.